The molecule has 5 nitrogen and oxygen atoms in total. The van der Waals surface area contributed by atoms with Gasteiger partial charge in [0.2, 0.25) is 0 Å². The van der Waals surface area contributed by atoms with Crippen LogP contribution in [0.25, 0.3) is 0 Å². The fourth-order valence-corrected chi connectivity index (χ4v) is 1.24. The second kappa shape index (κ2) is 3.04. The van der Waals surface area contributed by atoms with Gasteiger partial charge in [0.15, 0.2) is 0 Å². The highest BCUT2D eigenvalue weighted by molar-refractivity contribution is 4.94. The Kier molecular flexibility index (Phi) is 2.46. The van der Waals surface area contributed by atoms with E-state index in [1.54, 1.807) is 0 Å². The highest BCUT2D eigenvalue weighted by Crippen LogP contribution is 2.18. The van der Waals surface area contributed by atoms with E-state index < -0.39 is 30.5 Å². The topological polar surface area (TPSA) is 107 Å². The Morgan fingerprint density at radius 3 is 1.64 bits per heavy atom. The van der Waals surface area contributed by atoms with Crippen molar-refractivity contribution >= 4 is 0 Å². The van der Waals surface area contributed by atoms with E-state index in [0.717, 1.165) is 0 Å². The number of aliphatic hydroxyl groups excluding tert-OH is 4. The summed E-state index contributed by atoms with van der Waals surface area (Å²) in [5.74, 6) is 0. The van der Waals surface area contributed by atoms with Crippen molar-refractivity contribution in [3.8, 4) is 0 Å². The lowest BCUT2D eigenvalue weighted by Crippen LogP contribution is -2.59. The van der Waals surface area contributed by atoms with E-state index in [1.807, 2.05) is 0 Å². The molecule has 0 spiro atoms. The predicted molar refractivity (Wildman–Crippen MR) is 36.6 cm³/mol. The third-order valence-corrected chi connectivity index (χ3v) is 2.06. The average Bonchev–Trinajstić information content (AvgIpc) is 1.97. The van der Waals surface area contributed by atoms with Gasteiger partial charge in [-0.05, 0) is 0 Å². The quantitative estimate of drug-likeness (QED) is 0.264. The summed E-state index contributed by atoms with van der Waals surface area (Å²) in [6, 6.07) is -0.964. The van der Waals surface area contributed by atoms with E-state index in [4.69, 9.17) is 26.2 Å². The number of nitrogens with two attached hydrogens (primary N) is 1. The van der Waals surface area contributed by atoms with Gasteiger partial charge in [-0.25, -0.2) is 0 Å². The molecule has 5 heteroatoms. The Balaban J connectivity index is 2.63. The van der Waals surface area contributed by atoms with Gasteiger partial charge in [0.1, 0.15) is 0 Å². The van der Waals surface area contributed by atoms with E-state index >= 15 is 0 Å². The van der Waals surface area contributed by atoms with Crippen molar-refractivity contribution in [2.75, 3.05) is 0 Å². The van der Waals surface area contributed by atoms with Crippen LogP contribution in [0.1, 0.15) is 6.42 Å². The molecule has 0 aliphatic heterocycles. The van der Waals surface area contributed by atoms with E-state index in [2.05, 4.69) is 0 Å². The molecule has 0 aromatic carbocycles. The molecule has 1 saturated carbocycles. The molecule has 6 N–H and O–H groups in total. The summed E-state index contributed by atoms with van der Waals surface area (Å²) in [6.45, 7) is 0. The molecule has 4 unspecified atom stereocenters. The third kappa shape index (κ3) is 1.52. The first-order valence-corrected chi connectivity index (χ1v) is 3.52. The van der Waals surface area contributed by atoms with Crippen molar-refractivity contribution in [2.45, 2.75) is 36.9 Å². The molecule has 1 aliphatic carbocycles. The molecule has 1 aliphatic rings. The minimum Gasteiger partial charge on any atom is -0.390 e. The zero-order valence-corrected chi connectivity index (χ0v) is 5.96. The van der Waals surface area contributed by atoms with Crippen LogP contribution in [0.4, 0.5) is 0 Å². The lowest BCUT2D eigenvalue weighted by Gasteiger charge is -2.36. The van der Waals surface area contributed by atoms with Crippen LogP contribution in [0.15, 0.2) is 0 Å². The Hall–Kier alpha value is -0.200. The summed E-state index contributed by atoms with van der Waals surface area (Å²) in [5, 5.41) is 36.2. The minimum absolute atomic E-state index is 0.0317. The van der Waals surface area contributed by atoms with Crippen LogP contribution in [-0.4, -0.2) is 50.9 Å². The molecule has 0 radical (unpaired) electrons. The summed E-state index contributed by atoms with van der Waals surface area (Å²) in [5.41, 5.74) is 5.28. The molecule has 0 heterocycles. The van der Waals surface area contributed by atoms with Crippen LogP contribution in [0.5, 0.6) is 0 Å². The zero-order valence-electron chi connectivity index (χ0n) is 5.96. The largest absolute Gasteiger partial charge is 0.390 e. The molecular weight excluding hydrogens is 150 g/mol. The zero-order chi connectivity index (χ0) is 8.59. The molecule has 66 valence electrons. The normalized spacial score (nSPS) is 52.6. The van der Waals surface area contributed by atoms with Crippen molar-refractivity contribution in [3.05, 3.63) is 0 Å². The Bertz CT molecular complexity index is 129. The molecule has 0 bridgehead atoms. The molecular formula is C6H13NO4. The molecule has 11 heavy (non-hydrogen) atoms. The first-order valence-electron chi connectivity index (χ1n) is 3.52. The van der Waals surface area contributed by atoms with Gasteiger partial charge in [0.05, 0.1) is 30.5 Å². The molecule has 0 amide bonds. The molecule has 0 aromatic rings. The second-order valence-electron chi connectivity index (χ2n) is 2.93. The number of rotatable bonds is 0. The van der Waals surface area contributed by atoms with E-state index in [-0.39, 0.29) is 6.42 Å². The van der Waals surface area contributed by atoms with Crippen molar-refractivity contribution in [2.24, 2.45) is 5.73 Å². The van der Waals surface area contributed by atoms with Gasteiger partial charge in [-0.3, -0.25) is 0 Å². The lowest BCUT2D eigenvalue weighted by atomic mass is 9.86. The third-order valence-electron chi connectivity index (χ3n) is 2.06. The maximum absolute atomic E-state index is 9.09. The Morgan fingerprint density at radius 2 is 1.27 bits per heavy atom. The Labute approximate surface area is 64.1 Å². The SMILES string of the molecule is NC1C(O)C(O)CC(O)C1O. The standard InChI is InChI=1S/C6H13NO4/c7-4-5(10)2(8)1-3(9)6(4)11/h2-6,8-11H,1,7H2. The predicted octanol–water partition coefficient (Wildman–Crippen LogP) is -2.84. The van der Waals surface area contributed by atoms with Crippen LogP contribution in [0, 0.1) is 0 Å². The van der Waals surface area contributed by atoms with Gasteiger partial charge in [-0.1, -0.05) is 0 Å². The van der Waals surface area contributed by atoms with E-state index in [1.165, 1.54) is 0 Å². The fraction of sp³-hybridized carbons (Fsp3) is 1.00. The molecule has 0 aromatic heterocycles. The van der Waals surface area contributed by atoms with E-state index in [9.17, 15) is 0 Å². The summed E-state index contributed by atoms with van der Waals surface area (Å²) in [6.07, 6.45) is -4.40. The highest BCUT2D eigenvalue weighted by atomic mass is 16.4. The van der Waals surface area contributed by atoms with Gasteiger partial charge in [-0.2, -0.15) is 0 Å². The lowest BCUT2D eigenvalue weighted by molar-refractivity contribution is -0.120. The molecule has 4 atom stereocenters. The summed E-state index contributed by atoms with van der Waals surface area (Å²) in [4.78, 5) is 0. The van der Waals surface area contributed by atoms with Crippen molar-refractivity contribution in [1.82, 2.24) is 0 Å². The first-order chi connectivity index (χ1) is 5.04. The van der Waals surface area contributed by atoms with Crippen LogP contribution < -0.4 is 5.73 Å². The summed E-state index contributed by atoms with van der Waals surface area (Å²) in [7, 11) is 0. The van der Waals surface area contributed by atoms with Crippen molar-refractivity contribution in [1.29, 1.82) is 0 Å². The molecule has 0 saturated heterocycles. The van der Waals surface area contributed by atoms with Crippen LogP contribution in [-0.2, 0) is 0 Å². The monoisotopic (exact) mass is 163 g/mol. The number of aliphatic hydroxyl groups is 4. The Morgan fingerprint density at radius 1 is 0.909 bits per heavy atom. The molecule has 1 fully saturated rings. The van der Waals surface area contributed by atoms with E-state index in [0.29, 0.717) is 0 Å². The maximum Gasteiger partial charge on any atom is 0.0976 e. The first kappa shape index (κ1) is 8.89. The average molecular weight is 163 g/mol. The fourth-order valence-electron chi connectivity index (χ4n) is 1.24. The van der Waals surface area contributed by atoms with Gasteiger partial charge >= 0.3 is 0 Å². The maximum atomic E-state index is 9.09. The summed E-state index contributed by atoms with van der Waals surface area (Å²) >= 11 is 0. The van der Waals surface area contributed by atoms with Crippen molar-refractivity contribution < 1.29 is 20.4 Å². The minimum atomic E-state index is -1.15. The van der Waals surface area contributed by atoms with Crippen molar-refractivity contribution in [3.63, 3.8) is 0 Å². The number of hydrogen-bond acceptors (Lipinski definition) is 5. The highest BCUT2D eigenvalue weighted by Gasteiger charge is 2.39. The van der Waals surface area contributed by atoms with Crippen LogP contribution in [0.3, 0.4) is 0 Å². The van der Waals surface area contributed by atoms with Gasteiger partial charge in [0, 0.05) is 6.42 Å². The molecule has 1 rings (SSSR count). The van der Waals surface area contributed by atoms with Crippen LogP contribution in [0.2, 0.25) is 0 Å². The van der Waals surface area contributed by atoms with Gasteiger partial charge in [-0.15, -0.1) is 0 Å². The number of hydrogen-bond donors (Lipinski definition) is 5. The van der Waals surface area contributed by atoms with Gasteiger partial charge < -0.3 is 26.2 Å². The second-order valence-corrected chi connectivity index (χ2v) is 2.93. The van der Waals surface area contributed by atoms with Crippen LogP contribution >= 0.6 is 0 Å². The van der Waals surface area contributed by atoms with Gasteiger partial charge in [0.25, 0.3) is 0 Å². The smallest absolute Gasteiger partial charge is 0.0976 e. The summed E-state index contributed by atoms with van der Waals surface area (Å²) < 4.78 is 0.